The molecule has 1 atom stereocenters. The van der Waals surface area contributed by atoms with Crippen molar-refractivity contribution in [1.82, 2.24) is 9.88 Å². The van der Waals surface area contributed by atoms with Crippen LogP contribution >= 0.6 is 0 Å². The number of aromatic nitrogens is 1. The van der Waals surface area contributed by atoms with Crippen LogP contribution in [0.25, 0.3) is 11.3 Å². The van der Waals surface area contributed by atoms with Gasteiger partial charge in [-0.15, -0.1) is 0 Å². The molecule has 0 radical (unpaired) electrons. The van der Waals surface area contributed by atoms with Crippen LogP contribution in [0.5, 0.6) is 0 Å². The highest BCUT2D eigenvalue weighted by atomic mass is 16.5. The fourth-order valence-electron chi connectivity index (χ4n) is 3.12. The van der Waals surface area contributed by atoms with Crippen LogP contribution in [0.2, 0.25) is 0 Å². The molecule has 26 heavy (non-hydrogen) atoms. The Balaban J connectivity index is 1.48. The number of hydrogen-bond acceptors (Lipinski definition) is 6. The van der Waals surface area contributed by atoms with E-state index in [1.165, 1.54) is 6.39 Å². The van der Waals surface area contributed by atoms with Crippen LogP contribution in [0.3, 0.4) is 0 Å². The minimum Gasteiger partial charge on any atom is -0.478 e. The van der Waals surface area contributed by atoms with E-state index in [4.69, 9.17) is 13.6 Å². The molecule has 3 heterocycles. The van der Waals surface area contributed by atoms with E-state index < -0.39 is 5.97 Å². The first kappa shape index (κ1) is 16.6. The van der Waals surface area contributed by atoms with Crippen molar-refractivity contribution in [2.75, 3.05) is 19.7 Å². The first-order chi connectivity index (χ1) is 12.7. The van der Waals surface area contributed by atoms with E-state index in [0.29, 0.717) is 36.8 Å². The summed E-state index contributed by atoms with van der Waals surface area (Å²) in [6.45, 7) is 2.67. The number of oxazole rings is 1. The van der Waals surface area contributed by atoms with Crippen LogP contribution in [-0.2, 0) is 11.3 Å². The van der Waals surface area contributed by atoms with Gasteiger partial charge in [-0.2, -0.15) is 0 Å². The molecule has 0 amide bonds. The van der Waals surface area contributed by atoms with Crippen molar-refractivity contribution in [2.45, 2.75) is 12.6 Å². The number of furan rings is 1. The molecular formula is C19H18N2O5. The molecule has 1 aromatic carbocycles. The summed E-state index contributed by atoms with van der Waals surface area (Å²) in [5.41, 5.74) is 0.804. The lowest BCUT2D eigenvalue weighted by Crippen LogP contribution is -2.37. The Kier molecular flexibility index (Phi) is 4.55. The number of carboxylic acid groups (broad SMARTS) is 1. The zero-order valence-electron chi connectivity index (χ0n) is 14.0. The number of nitrogens with zero attached hydrogens (tertiary/aromatic N) is 2. The number of ether oxygens (including phenoxy) is 1. The zero-order chi connectivity index (χ0) is 17.9. The second-order valence-corrected chi connectivity index (χ2v) is 6.12. The lowest BCUT2D eigenvalue weighted by atomic mass is 10.1. The number of morpholine rings is 1. The second kappa shape index (κ2) is 7.15. The van der Waals surface area contributed by atoms with Gasteiger partial charge in [0.1, 0.15) is 17.6 Å². The van der Waals surface area contributed by atoms with Gasteiger partial charge < -0.3 is 18.7 Å². The number of carboxylic acids is 1. The van der Waals surface area contributed by atoms with Crippen molar-refractivity contribution in [3.8, 4) is 11.3 Å². The third kappa shape index (κ3) is 3.40. The van der Waals surface area contributed by atoms with E-state index in [2.05, 4.69) is 9.88 Å². The van der Waals surface area contributed by atoms with E-state index in [-0.39, 0.29) is 11.7 Å². The monoisotopic (exact) mass is 354 g/mol. The predicted molar refractivity (Wildman–Crippen MR) is 91.6 cm³/mol. The summed E-state index contributed by atoms with van der Waals surface area (Å²) in [4.78, 5) is 17.5. The summed E-state index contributed by atoms with van der Waals surface area (Å²) in [6.07, 6.45) is 2.92. The summed E-state index contributed by atoms with van der Waals surface area (Å²) in [5, 5.41) is 9.34. The summed E-state index contributed by atoms with van der Waals surface area (Å²) in [6, 6.07) is 10.5. The third-order valence-electron chi connectivity index (χ3n) is 4.38. The van der Waals surface area contributed by atoms with Gasteiger partial charge in [0, 0.05) is 18.7 Å². The minimum absolute atomic E-state index is 0.145. The minimum atomic E-state index is -0.971. The van der Waals surface area contributed by atoms with Crippen LogP contribution in [0.4, 0.5) is 0 Å². The molecule has 1 fully saturated rings. The Hall–Kier alpha value is -2.90. The molecule has 0 saturated carbocycles. The highest BCUT2D eigenvalue weighted by Gasteiger charge is 2.25. The van der Waals surface area contributed by atoms with Gasteiger partial charge in [0.25, 0.3) is 0 Å². The smallest absolute Gasteiger partial charge is 0.336 e. The number of aromatic carboxylic acids is 1. The highest BCUT2D eigenvalue weighted by Crippen LogP contribution is 2.28. The van der Waals surface area contributed by atoms with Crippen LogP contribution in [-0.4, -0.2) is 40.7 Å². The van der Waals surface area contributed by atoms with Gasteiger partial charge in [-0.05, 0) is 18.2 Å². The predicted octanol–water partition coefficient (Wildman–Crippen LogP) is 3.21. The SMILES string of the molecule is O=C(O)c1ccccc1-c1ccc(CN2CCO[C@@H](c3cnco3)C2)o1. The van der Waals surface area contributed by atoms with Crippen LogP contribution in [0.15, 0.2) is 57.8 Å². The Labute approximate surface area is 149 Å². The molecule has 0 aliphatic carbocycles. The summed E-state index contributed by atoms with van der Waals surface area (Å²) in [7, 11) is 0. The molecule has 2 aromatic heterocycles. The van der Waals surface area contributed by atoms with E-state index in [9.17, 15) is 9.90 Å². The Bertz CT molecular complexity index is 887. The highest BCUT2D eigenvalue weighted by molar-refractivity contribution is 5.95. The van der Waals surface area contributed by atoms with E-state index >= 15 is 0 Å². The number of hydrogen-bond donors (Lipinski definition) is 1. The molecule has 1 N–H and O–H groups in total. The summed E-state index contributed by atoms with van der Waals surface area (Å²) in [5.74, 6) is 1.07. The lowest BCUT2D eigenvalue weighted by molar-refractivity contribution is -0.0443. The van der Waals surface area contributed by atoms with Gasteiger partial charge in [0.05, 0.1) is 24.9 Å². The van der Waals surface area contributed by atoms with E-state index in [0.717, 1.165) is 12.3 Å². The van der Waals surface area contributed by atoms with Crippen molar-refractivity contribution in [2.24, 2.45) is 0 Å². The quantitative estimate of drug-likeness (QED) is 0.752. The average Bonchev–Trinajstić information content (AvgIpc) is 3.34. The Morgan fingerprint density at radius 1 is 1.27 bits per heavy atom. The topological polar surface area (TPSA) is 88.9 Å². The maximum Gasteiger partial charge on any atom is 0.336 e. The van der Waals surface area contributed by atoms with Crippen LogP contribution in [0.1, 0.15) is 28.0 Å². The van der Waals surface area contributed by atoms with Crippen molar-refractivity contribution in [3.05, 3.63) is 66.1 Å². The standard InChI is InChI=1S/C19H18N2O5/c22-19(23)15-4-2-1-3-14(15)16-6-5-13(26-16)10-21-7-8-24-18(11-21)17-9-20-12-25-17/h1-6,9,12,18H,7-8,10-11H2,(H,22,23)/t18-/m1/s1. The number of rotatable bonds is 5. The Morgan fingerprint density at radius 2 is 2.15 bits per heavy atom. The summed E-state index contributed by atoms with van der Waals surface area (Å²) < 4.78 is 17.0. The van der Waals surface area contributed by atoms with Crippen LogP contribution < -0.4 is 0 Å². The molecule has 7 heteroatoms. The Morgan fingerprint density at radius 3 is 2.96 bits per heavy atom. The van der Waals surface area contributed by atoms with Crippen molar-refractivity contribution in [1.29, 1.82) is 0 Å². The third-order valence-corrected chi connectivity index (χ3v) is 4.38. The maximum atomic E-state index is 11.4. The molecule has 0 spiro atoms. The fourth-order valence-corrected chi connectivity index (χ4v) is 3.12. The lowest BCUT2D eigenvalue weighted by Gasteiger charge is -2.31. The molecule has 4 rings (SSSR count). The average molecular weight is 354 g/mol. The largest absolute Gasteiger partial charge is 0.478 e. The molecule has 0 unspecified atom stereocenters. The molecule has 1 saturated heterocycles. The summed E-state index contributed by atoms with van der Waals surface area (Å²) >= 11 is 0. The van der Waals surface area contributed by atoms with Crippen molar-refractivity contribution < 1.29 is 23.5 Å². The van der Waals surface area contributed by atoms with E-state index in [1.807, 2.05) is 12.1 Å². The molecule has 7 nitrogen and oxygen atoms in total. The number of benzene rings is 1. The molecule has 3 aromatic rings. The first-order valence-corrected chi connectivity index (χ1v) is 8.34. The molecule has 0 bridgehead atoms. The zero-order valence-corrected chi connectivity index (χ0v) is 14.0. The van der Waals surface area contributed by atoms with Crippen molar-refractivity contribution in [3.63, 3.8) is 0 Å². The molecule has 134 valence electrons. The molecule has 1 aliphatic heterocycles. The normalized spacial score (nSPS) is 18.1. The van der Waals surface area contributed by atoms with Gasteiger partial charge in [-0.1, -0.05) is 18.2 Å². The second-order valence-electron chi connectivity index (χ2n) is 6.12. The number of carbonyl (C=O) groups is 1. The van der Waals surface area contributed by atoms with Crippen LogP contribution in [0, 0.1) is 0 Å². The van der Waals surface area contributed by atoms with Crippen molar-refractivity contribution >= 4 is 5.97 Å². The maximum absolute atomic E-state index is 11.4. The van der Waals surface area contributed by atoms with Gasteiger partial charge in [-0.25, -0.2) is 9.78 Å². The fraction of sp³-hybridized carbons (Fsp3) is 0.263. The van der Waals surface area contributed by atoms with Gasteiger partial charge in [0.2, 0.25) is 0 Å². The first-order valence-electron chi connectivity index (χ1n) is 8.34. The van der Waals surface area contributed by atoms with Gasteiger partial charge >= 0.3 is 5.97 Å². The van der Waals surface area contributed by atoms with E-state index in [1.54, 1.807) is 30.5 Å². The van der Waals surface area contributed by atoms with Gasteiger partial charge in [0.15, 0.2) is 12.2 Å². The molecular weight excluding hydrogens is 336 g/mol. The van der Waals surface area contributed by atoms with Gasteiger partial charge in [-0.3, -0.25) is 4.90 Å². The molecule has 1 aliphatic rings.